The minimum absolute atomic E-state index is 0.447. The summed E-state index contributed by atoms with van der Waals surface area (Å²) in [4.78, 5) is 13.5. The monoisotopic (exact) mass is 193 g/mol. The number of halogens is 1. The number of fused-ring (bicyclic) bond motifs is 1. The minimum atomic E-state index is 0.447. The lowest BCUT2D eigenvalue weighted by Gasteiger charge is -1.91. The van der Waals surface area contributed by atoms with E-state index in [-0.39, 0.29) is 0 Å². The maximum atomic E-state index is 10.6. The van der Waals surface area contributed by atoms with E-state index >= 15 is 0 Å². The number of hydrogen-bond acceptors (Lipinski definition) is 1. The van der Waals surface area contributed by atoms with Crippen molar-refractivity contribution in [1.82, 2.24) is 4.98 Å². The van der Waals surface area contributed by atoms with Gasteiger partial charge in [-0.05, 0) is 18.6 Å². The second kappa shape index (κ2) is 2.89. The van der Waals surface area contributed by atoms with Crippen molar-refractivity contribution in [2.45, 2.75) is 6.92 Å². The lowest BCUT2D eigenvalue weighted by atomic mass is 10.2. The Labute approximate surface area is 80.5 Å². The van der Waals surface area contributed by atoms with Crippen LogP contribution in [0.15, 0.2) is 18.2 Å². The van der Waals surface area contributed by atoms with E-state index in [0.29, 0.717) is 10.7 Å². The SMILES string of the molecule is Cc1ccc2c(Cl)c(C=O)[nH]c2c1. The molecule has 0 unspecified atom stereocenters. The van der Waals surface area contributed by atoms with Gasteiger partial charge in [-0.15, -0.1) is 0 Å². The largest absolute Gasteiger partial charge is 0.351 e. The Bertz CT molecular complexity index is 473. The lowest BCUT2D eigenvalue weighted by Crippen LogP contribution is -1.76. The summed E-state index contributed by atoms with van der Waals surface area (Å²) in [6.45, 7) is 1.99. The molecule has 1 N–H and O–H groups in total. The Balaban J connectivity index is 2.83. The number of rotatable bonds is 1. The van der Waals surface area contributed by atoms with Crippen molar-refractivity contribution in [3.8, 4) is 0 Å². The molecule has 0 atom stereocenters. The van der Waals surface area contributed by atoms with Crippen LogP contribution in [0.5, 0.6) is 0 Å². The topological polar surface area (TPSA) is 32.9 Å². The van der Waals surface area contributed by atoms with Crippen molar-refractivity contribution in [2.24, 2.45) is 0 Å². The number of benzene rings is 1. The number of H-pyrrole nitrogens is 1. The first kappa shape index (κ1) is 8.32. The van der Waals surface area contributed by atoms with Crippen LogP contribution in [0.1, 0.15) is 16.1 Å². The molecular formula is C10H8ClNO. The van der Waals surface area contributed by atoms with E-state index in [0.717, 1.165) is 22.8 Å². The molecular weight excluding hydrogens is 186 g/mol. The summed E-state index contributed by atoms with van der Waals surface area (Å²) in [5.41, 5.74) is 2.50. The second-order valence-electron chi connectivity index (χ2n) is 3.02. The summed E-state index contributed by atoms with van der Waals surface area (Å²) >= 11 is 5.95. The fraction of sp³-hybridized carbons (Fsp3) is 0.100. The van der Waals surface area contributed by atoms with E-state index in [9.17, 15) is 4.79 Å². The van der Waals surface area contributed by atoms with Gasteiger partial charge in [0.1, 0.15) is 0 Å². The van der Waals surface area contributed by atoms with Crippen LogP contribution in [-0.2, 0) is 0 Å². The molecule has 0 aliphatic carbocycles. The van der Waals surface area contributed by atoms with E-state index < -0.39 is 0 Å². The van der Waals surface area contributed by atoms with Gasteiger partial charge in [0.2, 0.25) is 0 Å². The van der Waals surface area contributed by atoms with Crippen LogP contribution in [0, 0.1) is 6.92 Å². The Kier molecular flexibility index (Phi) is 1.85. The molecule has 3 heteroatoms. The third-order valence-electron chi connectivity index (χ3n) is 2.04. The van der Waals surface area contributed by atoms with Gasteiger partial charge in [-0.2, -0.15) is 0 Å². The molecule has 0 saturated carbocycles. The zero-order valence-electron chi connectivity index (χ0n) is 7.10. The van der Waals surface area contributed by atoms with Gasteiger partial charge < -0.3 is 4.98 Å². The number of aromatic nitrogens is 1. The molecule has 0 saturated heterocycles. The van der Waals surface area contributed by atoms with Gasteiger partial charge in [0.05, 0.1) is 10.7 Å². The van der Waals surface area contributed by atoms with Crippen LogP contribution in [-0.4, -0.2) is 11.3 Å². The number of carbonyl (C=O) groups excluding carboxylic acids is 1. The van der Waals surface area contributed by atoms with Crippen LogP contribution >= 0.6 is 11.6 Å². The minimum Gasteiger partial charge on any atom is -0.351 e. The molecule has 0 fully saturated rings. The van der Waals surface area contributed by atoms with Crippen molar-refractivity contribution in [3.05, 3.63) is 34.5 Å². The van der Waals surface area contributed by atoms with E-state index in [4.69, 9.17) is 11.6 Å². The molecule has 0 bridgehead atoms. The summed E-state index contributed by atoms with van der Waals surface area (Å²) in [7, 11) is 0. The molecule has 13 heavy (non-hydrogen) atoms. The Hall–Kier alpha value is -1.28. The lowest BCUT2D eigenvalue weighted by molar-refractivity contribution is 0.112. The van der Waals surface area contributed by atoms with Gasteiger partial charge >= 0.3 is 0 Å². The second-order valence-corrected chi connectivity index (χ2v) is 3.40. The van der Waals surface area contributed by atoms with Crippen molar-refractivity contribution in [1.29, 1.82) is 0 Å². The third-order valence-corrected chi connectivity index (χ3v) is 2.44. The van der Waals surface area contributed by atoms with Gasteiger partial charge in [0, 0.05) is 10.9 Å². The number of hydrogen-bond donors (Lipinski definition) is 1. The zero-order chi connectivity index (χ0) is 9.42. The molecule has 0 amide bonds. The van der Waals surface area contributed by atoms with E-state index in [1.54, 1.807) is 0 Å². The van der Waals surface area contributed by atoms with Crippen molar-refractivity contribution < 1.29 is 4.79 Å². The standard InChI is InChI=1S/C10H8ClNO/c1-6-2-3-7-8(4-6)12-9(5-13)10(7)11/h2-5,12H,1H3. The number of aldehydes is 1. The first-order valence-corrected chi connectivity index (χ1v) is 4.33. The predicted octanol–water partition coefficient (Wildman–Crippen LogP) is 2.94. The van der Waals surface area contributed by atoms with Crippen LogP contribution in [0.2, 0.25) is 5.02 Å². The molecule has 2 rings (SSSR count). The highest BCUT2D eigenvalue weighted by Gasteiger charge is 2.07. The summed E-state index contributed by atoms with van der Waals surface area (Å²) in [6.07, 6.45) is 0.734. The number of nitrogens with one attached hydrogen (secondary N) is 1. The summed E-state index contributed by atoms with van der Waals surface area (Å²) in [6, 6.07) is 5.85. The van der Waals surface area contributed by atoms with Crippen LogP contribution in [0.3, 0.4) is 0 Å². The van der Waals surface area contributed by atoms with E-state index in [2.05, 4.69) is 4.98 Å². The Morgan fingerprint density at radius 2 is 2.23 bits per heavy atom. The molecule has 66 valence electrons. The van der Waals surface area contributed by atoms with Crippen LogP contribution < -0.4 is 0 Å². The summed E-state index contributed by atoms with van der Waals surface area (Å²) < 4.78 is 0. The normalized spacial score (nSPS) is 10.6. The molecule has 1 aromatic carbocycles. The molecule has 0 aliphatic heterocycles. The van der Waals surface area contributed by atoms with E-state index in [1.165, 1.54) is 0 Å². The molecule has 2 aromatic rings. The van der Waals surface area contributed by atoms with Crippen molar-refractivity contribution in [3.63, 3.8) is 0 Å². The average Bonchev–Trinajstić information content (AvgIpc) is 2.42. The average molecular weight is 194 g/mol. The van der Waals surface area contributed by atoms with Gasteiger partial charge in [0.25, 0.3) is 0 Å². The highest BCUT2D eigenvalue weighted by Crippen LogP contribution is 2.26. The molecule has 1 aromatic heterocycles. The van der Waals surface area contributed by atoms with Gasteiger partial charge in [-0.3, -0.25) is 4.79 Å². The first-order chi connectivity index (χ1) is 6.22. The van der Waals surface area contributed by atoms with Gasteiger partial charge in [0.15, 0.2) is 6.29 Å². The molecule has 0 aliphatic rings. The fourth-order valence-electron chi connectivity index (χ4n) is 1.38. The van der Waals surface area contributed by atoms with Crippen molar-refractivity contribution in [2.75, 3.05) is 0 Å². The Morgan fingerprint density at radius 3 is 2.92 bits per heavy atom. The number of aromatic amines is 1. The van der Waals surface area contributed by atoms with E-state index in [1.807, 2.05) is 25.1 Å². The fourth-order valence-corrected chi connectivity index (χ4v) is 1.64. The van der Waals surface area contributed by atoms with Crippen LogP contribution in [0.25, 0.3) is 10.9 Å². The number of carbonyl (C=O) groups is 1. The van der Waals surface area contributed by atoms with Crippen molar-refractivity contribution >= 4 is 28.8 Å². The summed E-state index contributed by atoms with van der Waals surface area (Å²) in [5, 5.41) is 1.40. The summed E-state index contributed by atoms with van der Waals surface area (Å²) in [5.74, 6) is 0. The number of aryl methyl sites for hydroxylation is 1. The first-order valence-electron chi connectivity index (χ1n) is 3.95. The zero-order valence-corrected chi connectivity index (χ0v) is 7.85. The maximum Gasteiger partial charge on any atom is 0.167 e. The molecule has 0 spiro atoms. The highest BCUT2D eigenvalue weighted by molar-refractivity contribution is 6.37. The molecule has 0 radical (unpaired) electrons. The Morgan fingerprint density at radius 1 is 1.46 bits per heavy atom. The quantitative estimate of drug-likeness (QED) is 0.694. The van der Waals surface area contributed by atoms with Crippen LogP contribution in [0.4, 0.5) is 0 Å². The predicted molar refractivity (Wildman–Crippen MR) is 53.4 cm³/mol. The smallest absolute Gasteiger partial charge is 0.167 e. The highest BCUT2D eigenvalue weighted by atomic mass is 35.5. The van der Waals surface area contributed by atoms with Gasteiger partial charge in [-0.1, -0.05) is 23.7 Å². The van der Waals surface area contributed by atoms with Gasteiger partial charge in [-0.25, -0.2) is 0 Å². The maximum absolute atomic E-state index is 10.6. The third kappa shape index (κ3) is 1.23. The molecule has 2 nitrogen and oxygen atoms in total. The molecule has 1 heterocycles.